The van der Waals surface area contributed by atoms with E-state index >= 15 is 0 Å². The van der Waals surface area contributed by atoms with Crippen LogP contribution in [0.2, 0.25) is 0 Å². The summed E-state index contributed by atoms with van der Waals surface area (Å²) in [5, 5.41) is 3.14. The van der Waals surface area contributed by atoms with Gasteiger partial charge >= 0.3 is 0 Å². The zero-order chi connectivity index (χ0) is 14.3. The van der Waals surface area contributed by atoms with Gasteiger partial charge in [0.05, 0.1) is 0 Å². The van der Waals surface area contributed by atoms with E-state index in [9.17, 15) is 0 Å². The van der Waals surface area contributed by atoms with E-state index in [1.165, 1.54) is 5.56 Å². The maximum Gasteiger partial charge on any atom is 0.128 e. The molecule has 0 atom stereocenters. The Morgan fingerprint density at radius 1 is 1.21 bits per heavy atom. The highest BCUT2D eigenvalue weighted by Gasteiger charge is 2.10. The lowest BCUT2D eigenvalue weighted by Crippen LogP contribution is -2.34. The smallest absolute Gasteiger partial charge is 0.128 e. The van der Waals surface area contributed by atoms with E-state index in [0.717, 1.165) is 32.0 Å². The summed E-state index contributed by atoms with van der Waals surface area (Å²) in [4.78, 5) is 9.18. The monoisotopic (exact) mass is 264 g/mol. The van der Waals surface area contributed by atoms with E-state index < -0.39 is 0 Å². The van der Waals surface area contributed by atoms with Crippen molar-refractivity contribution < 1.29 is 0 Å². The lowest BCUT2D eigenvalue weighted by atomic mass is 10.2. The third kappa shape index (κ3) is 6.03. The molecule has 0 saturated carbocycles. The number of hydrogen-bond donors (Lipinski definition) is 1. The van der Waals surface area contributed by atoms with Crippen molar-refractivity contribution in [3.63, 3.8) is 0 Å². The van der Waals surface area contributed by atoms with E-state index in [-0.39, 0.29) is 0 Å². The van der Waals surface area contributed by atoms with Crippen LogP contribution in [0.4, 0.5) is 5.82 Å². The van der Waals surface area contributed by atoms with Crippen molar-refractivity contribution in [3.05, 3.63) is 23.9 Å². The average Bonchev–Trinajstić information content (AvgIpc) is 2.35. The first-order valence-electron chi connectivity index (χ1n) is 7.02. The molecule has 19 heavy (non-hydrogen) atoms. The van der Waals surface area contributed by atoms with Crippen molar-refractivity contribution in [3.8, 4) is 0 Å². The summed E-state index contributed by atoms with van der Waals surface area (Å²) < 4.78 is 0. The van der Waals surface area contributed by atoms with Gasteiger partial charge in [-0.05, 0) is 38.7 Å². The molecule has 0 fully saturated rings. The van der Waals surface area contributed by atoms with Gasteiger partial charge in [-0.3, -0.25) is 0 Å². The van der Waals surface area contributed by atoms with Crippen LogP contribution in [0.25, 0.3) is 0 Å². The van der Waals surface area contributed by atoms with Gasteiger partial charge in [0.1, 0.15) is 5.82 Å². The average molecular weight is 264 g/mol. The largest absolute Gasteiger partial charge is 0.355 e. The van der Waals surface area contributed by atoms with Gasteiger partial charge in [-0.1, -0.05) is 19.9 Å². The van der Waals surface area contributed by atoms with Gasteiger partial charge in [-0.2, -0.15) is 0 Å². The van der Waals surface area contributed by atoms with E-state index in [1.807, 2.05) is 13.2 Å². The molecule has 0 aliphatic heterocycles. The third-order valence-electron chi connectivity index (χ3n) is 2.92. The van der Waals surface area contributed by atoms with Crippen molar-refractivity contribution in [1.29, 1.82) is 0 Å². The van der Waals surface area contributed by atoms with Crippen LogP contribution in [0.3, 0.4) is 0 Å². The van der Waals surface area contributed by atoms with Gasteiger partial charge in [0.25, 0.3) is 0 Å². The van der Waals surface area contributed by atoms with Crippen LogP contribution in [-0.4, -0.2) is 50.7 Å². The predicted octanol–water partition coefficient (Wildman–Crippen LogP) is 1.82. The molecule has 0 unspecified atom stereocenters. The Bertz CT molecular complexity index is 346. The second-order valence-electron chi connectivity index (χ2n) is 5.70. The summed E-state index contributed by atoms with van der Waals surface area (Å²) in [7, 11) is 6.17. The zero-order valence-corrected chi connectivity index (χ0v) is 13.0. The number of aromatic nitrogens is 1. The molecular formula is C15H28N4. The summed E-state index contributed by atoms with van der Waals surface area (Å²) >= 11 is 0. The van der Waals surface area contributed by atoms with Crippen molar-refractivity contribution in [2.45, 2.75) is 20.4 Å². The molecule has 0 saturated heterocycles. The van der Waals surface area contributed by atoms with Gasteiger partial charge in [0.2, 0.25) is 0 Å². The van der Waals surface area contributed by atoms with Crippen molar-refractivity contribution in [2.75, 3.05) is 45.7 Å². The first kappa shape index (κ1) is 15.9. The molecule has 0 bridgehead atoms. The van der Waals surface area contributed by atoms with Gasteiger partial charge in [0, 0.05) is 32.4 Å². The second-order valence-corrected chi connectivity index (χ2v) is 5.70. The fourth-order valence-electron chi connectivity index (χ4n) is 1.97. The number of likely N-dealkylation sites (N-methyl/N-ethyl adjacent to an activating group) is 1. The van der Waals surface area contributed by atoms with Crippen LogP contribution in [0.5, 0.6) is 0 Å². The van der Waals surface area contributed by atoms with E-state index in [1.54, 1.807) is 0 Å². The van der Waals surface area contributed by atoms with Gasteiger partial charge in [-0.15, -0.1) is 0 Å². The van der Waals surface area contributed by atoms with Crippen LogP contribution in [0.15, 0.2) is 18.3 Å². The predicted molar refractivity (Wildman–Crippen MR) is 82.6 cm³/mol. The summed E-state index contributed by atoms with van der Waals surface area (Å²) in [5.41, 5.74) is 1.23. The molecule has 1 rings (SSSR count). The maximum atomic E-state index is 4.60. The number of anilines is 1. The molecule has 0 aliphatic carbocycles. The molecule has 0 amide bonds. The molecule has 0 aliphatic rings. The van der Waals surface area contributed by atoms with Crippen LogP contribution in [-0.2, 0) is 6.54 Å². The van der Waals surface area contributed by atoms with E-state index in [2.05, 4.69) is 60.2 Å². The first-order chi connectivity index (χ1) is 9.02. The Hall–Kier alpha value is -1.13. The minimum absolute atomic E-state index is 0.640. The Kier molecular flexibility index (Phi) is 6.81. The molecule has 4 nitrogen and oxygen atoms in total. The quantitative estimate of drug-likeness (QED) is 0.776. The van der Waals surface area contributed by atoms with Crippen molar-refractivity contribution in [2.24, 2.45) is 5.92 Å². The molecular weight excluding hydrogens is 236 g/mol. The summed E-state index contributed by atoms with van der Waals surface area (Å²) in [6, 6.07) is 4.28. The first-order valence-corrected chi connectivity index (χ1v) is 7.02. The maximum absolute atomic E-state index is 4.60. The second kappa shape index (κ2) is 8.12. The number of nitrogens with zero attached hydrogens (tertiary/aromatic N) is 3. The Morgan fingerprint density at radius 3 is 2.42 bits per heavy atom. The molecule has 1 heterocycles. The lowest BCUT2D eigenvalue weighted by molar-refractivity contribution is 0.408. The highest BCUT2D eigenvalue weighted by Crippen LogP contribution is 2.13. The van der Waals surface area contributed by atoms with Crippen LogP contribution in [0, 0.1) is 5.92 Å². The van der Waals surface area contributed by atoms with Crippen LogP contribution in [0.1, 0.15) is 19.4 Å². The molecule has 108 valence electrons. The third-order valence-corrected chi connectivity index (χ3v) is 2.92. The normalized spacial score (nSPS) is 11.3. The molecule has 1 aromatic rings. The van der Waals surface area contributed by atoms with Gasteiger partial charge in [-0.25, -0.2) is 4.98 Å². The standard InChI is InChI=1S/C15H28N4/c1-13(2)12-19(9-8-18(4)5)15-7-6-14(10-16-3)11-17-15/h6-7,11,13,16H,8-10,12H2,1-5H3. The minimum Gasteiger partial charge on any atom is -0.355 e. The molecule has 4 heteroatoms. The molecule has 0 spiro atoms. The lowest BCUT2D eigenvalue weighted by Gasteiger charge is -2.27. The number of pyridine rings is 1. The van der Waals surface area contributed by atoms with Gasteiger partial charge < -0.3 is 15.1 Å². The molecule has 0 radical (unpaired) electrons. The van der Waals surface area contributed by atoms with E-state index in [0.29, 0.717) is 5.92 Å². The SMILES string of the molecule is CNCc1ccc(N(CCN(C)C)CC(C)C)nc1. The topological polar surface area (TPSA) is 31.4 Å². The number of nitrogens with one attached hydrogen (secondary N) is 1. The molecule has 0 aromatic carbocycles. The minimum atomic E-state index is 0.640. The Balaban J connectivity index is 2.72. The fraction of sp³-hybridized carbons (Fsp3) is 0.667. The van der Waals surface area contributed by atoms with Crippen LogP contribution >= 0.6 is 0 Å². The summed E-state index contributed by atoms with van der Waals surface area (Å²) in [6.07, 6.45) is 1.97. The van der Waals surface area contributed by atoms with Crippen molar-refractivity contribution in [1.82, 2.24) is 15.2 Å². The van der Waals surface area contributed by atoms with Crippen molar-refractivity contribution >= 4 is 5.82 Å². The summed E-state index contributed by atoms with van der Waals surface area (Å²) in [5.74, 6) is 1.72. The fourth-order valence-corrected chi connectivity index (χ4v) is 1.97. The number of rotatable bonds is 8. The van der Waals surface area contributed by atoms with Crippen LogP contribution < -0.4 is 10.2 Å². The number of hydrogen-bond acceptors (Lipinski definition) is 4. The summed E-state index contributed by atoms with van der Waals surface area (Å²) in [6.45, 7) is 8.48. The highest BCUT2D eigenvalue weighted by molar-refractivity contribution is 5.39. The Labute approximate surface area is 117 Å². The molecule has 1 N–H and O–H groups in total. The highest BCUT2D eigenvalue weighted by atomic mass is 15.2. The van der Waals surface area contributed by atoms with Gasteiger partial charge in [0.15, 0.2) is 0 Å². The Morgan fingerprint density at radius 2 is 1.95 bits per heavy atom. The van der Waals surface area contributed by atoms with E-state index in [4.69, 9.17) is 0 Å². The molecule has 1 aromatic heterocycles. The zero-order valence-electron chi connectivity index (χ0n) is 13.0.